The number of hydrogen-bond donors (Lipinski definition) is 0. The van der Waals surface area contributed by atoms with Gasteiger partial charge in [0, 0.05) is 5.92 Å². The number of carbonyl (C=O) groups excluding carboxylic acids is 1. The van der Waals surface area contributed by atoms with Crippen LogP contribution in [-0.4, -0.2) is 30.8 Å². The Hall–Kier alpha value is -0.370. The number of nitrogens with zero attached hydrogens (tertiary/aromatic N) is 1. The summed E-state index contributed by atoms with van der Waals surface area (Å²) < 4.78 is 0. The lowest BCUT2D eigenvalue weighted by Gasteiger charge is -2.24. The van der Waals surface area contributed by atoms with Crippen LogP contribution in [0, 0.1) is 5.92 Å². The van der Waals surface area contributed by atoms with E-state index in [9.17, 15) is 4.79 Å². The number of hydrogen-bond acceptors (Lipinski definition) is 2. The van der Waals surface area contributed by atoms with Crippen molar-refractivity contribution in [3.8, 4) is 0 Å². The van der Waals surface area contributed by atoms with Crippen LogP contribution in [0.4, 0.5) is 0 Å². The Morgan fingerprint density at radius 3 is 2.78 bits per heavy atom. The average Bonchev–Trinajstić information content (AvgIpc) is 1.80. The van der Waals surface area contributed by atoms with Crippen LogP contribution in [0.3, 0.4) is 0 Å². The van der Waals surface area contributed by atoms with Gasteiger partial charge in [-0.15, -0.1) is 0 Å². The molecule has 2 heteroatoms. The monoisotopic (exact) mass is 127 g/mol. The van der Waals surface area contributed by atoms with Gasteiger partial charge in [0.25, 0.3) is 0 Å². The molecule has 0 saturated carbocycles. The molecule has 1 rings (SSSR count). The van der Waals surface area contributed by atoms with E-state index in [4.69, 9.17) is 0 Å². The van der Waals surface area contributed by atoms with E-state index in [1.54, 1.807) is 0 Å². The molecule has 1 saturated heterocycles. The van der Waals surface area contributed by atoms with Crippen molar-refractivity contribution < 1.29 is 4.79 Å². The first-order chi connectivity index (χ1) is 4.20. The second-order valence-electron chi connectivity index (χ2n) is 2.89. The Labute approximate surface area is 55.8 Å². The van der Waals surface area contributed by atoms with Gasteiger partial charge < -0.3 is 0 Å². The summed E-state index contributed by atoms with van der Waals surface area (Å²) in [5.74, 6) is 0.699. The molecular formula is C7H13NO. The number of Topliss-reactive ketones (excluding diaryl/α,β-unsaturated/α-hetero) is 1. The zero-order valence-corrected chi connectivity index (χ0v) is 6.05. The third-order valence-electron chi connectivity index (χ3n) is 1.92. The fourth-order valence-corrected chi connectivity index (χ4v) is 1.08. The molecule has 0 bridgehead atoms. The standard InChI is InChI=1S/C7H13NO/c1-6-3-4-8(2)5-7(6)9/h6H,3-5H2,1-2H3/t6-/m1/s1. The number of likely N-dealkylation sites (tertiary alicyclic amines) is 1. The predicted octanol–water partition coefficient (Wildman–Crippen LogP) is 0.527. The summed E-state index contributed by atoms with van der Waals surface area (Å²) in [7, 11) is 1.99. The summed E-state index contributed by atoms with van der Waals surface area (Å²) >= 11 is 0. The fraction of sp³-hybridized carbons (Fsp3) is 0.857. The number of likely N-dealkylation sites (N-methyl/N-ethyl adjacent to an activating group) is 1. The van der Waals surface area contributed by atoms with E-state index in [1.807, 2.05) is 14.0 Å². The van der Waals surface area contributed by atoms with Gasteiger partial charge in [0.05, 0.1) is 6.54 Å². The molecule has 0 aliphatic carbocycles. The largest absolute Gasteiger partial charge is 0.299 e. The van der Waals surface area contributed by atoms with Gasteiger partial charge in [-0.3, -0.25) is 9.69 Å². The molecule has 0 aromatic rings. The summed E-state index contributed by atoms with van der Waals surface area (Å²) in [6.07, 6.45) is 1.04. The van der Waals surface area contributed by atoms with E-state index in [-0.39, 0.29) is 0 Å². The lowest BCUT2D eigenvalue weighted by atomic mass is 9.98. The highest BCUT2D eigenvalue weighted by molar-refractivity contribution is 5.83. The first-order valence-electron chi connectivity index (χ1n) is 3.41. The smallest absolute Gasteiger partial charge is 0.149 e. The van der Waals surface area contributed by atoms with Crippen LogP contribution in [0.15, 0.2) is 0 Å². The second-order valence-corrected chi connectivity index (χ2v) is 2.89. The zero-order chi connectivity index (χ0) is 6.85. The number of carbonyl (C=O) groups is 1. The van der Waals surface area contributed by atoms with Gasteiger partial charge in [0.2, 0.25) is 0 Å². The second kappa shape index (κ2) is 2.48. The molecule has 0 aromatic heterocycles. The van der Waals surface area contributed by atoms with Crippen molar-refractivity contribution in [3.63, 3.8) is 0 Å². The lowest BCUT2D eigenvalue weighted by molar-refractivity contribution is -0.125. The molecule has 0 N–H and O–H groups in total. The maximum absolute atomic E-state index is 11.0. The molecule has 1 aliphatic heterocycles. The third kappa shape index (κ3) is 1.52. The van der Waals surface area contributed by atoms with Crippen molar-refractivity contribution in [2.45, 2.75) is 13.3 Å². The average molecular weight is 127 g/mol. The Kier molecular flexibility index (Phi) is 1.86. The fourth-order valence-electron chi connectivity index (χ4n) is 1.08. The van der Waals surface area contributed by atoms with E-state index in [2.05, 4.69) is 4.90 Å². The number of rotatable bonds is 0. The van der Waals surface area contributed by atoms with Crippen molar-refractivity contribution in [1.29, 1.82) is 0 Å². The summed E-state index contributed by atoms with van der Waals surface area (Å²) in [5.41, 5.74) is 0. The molecule has 1 aliphatic rings. The van der Waals surface area contributed by atoms with E-state index in [1.165, 1.54) is 0 Å². The van der Waals surface area contributed by atoms with Crippen LogP contribution < -0.4 is 0 Å². The van der Waals surface area contributed by atoms with E-state index in [0.29, 0.717) is 18.2 Å². The molecule has 0 amide bonds. The normalized spacial score (nSPS) is 30.9. The highest BCUT2D eigenvalue weighted by atomic mass is 16.1. The maximum atomic E-state index is 11.0. The van der Waals surface area contributed by atoms with Gasteiger partial charge >= 0.3 is 0 Å². The molecule has 1 atom stereocenters. The first kappa shape index (κ1) is 6.75. The van der Waals surface area contributed by atoms with Crippen molar-refractivity contribution in [3.05, 3.63) is 0 Å². The maximum Gasteiger partial charge on any atom is 0.149 e. The minimum atomic E-state index is 0.307. The Morgan fingerprint density at radius 1 is 1.67 bits per heavy atom. The Balaban J connectivity index is 2.44. The van der Waals surface area contributed by atoms with Gasteiger partial charge in [0.1, 0.15) is 5.78 Å². The topological polar surface area (TPSA) is 20.3 Å². The van der Waals surface area contributed by atoms with Crippen molar-refractivity contribution in [2.75, 3.05) is 20.1 Å². The van der Waals surface area contributed by atoms with Crippen LogP contribution in [0.1, 0.15) is 13.3 Å². The molecular weight excluding hydrogens is 114 g/mol. The molecule has 1 heterocycles. The highest BCUT2D eigenvalue weighted by Crippen LogP contribution is 2.10. The molecule has 9 heavy (non-hydrogen) atoms. The molecule has 0 radical (unpaired) electrons. The summed E-state index contributed by atoms with van der Waals surface area (Å²) in [5, 5.41) is 0. The molecule has 1 fully saturated rings. The SMILES string of the molecule is C[C@@H]1CCN(C)CC1=O. The minimum absolute atomic E-state index is 0.307. The van der Waals surface area contributed by atoms with E-state index in [0.717, 1.165) is 13.0 Å². The molecule has 0 spiro atoms. The first-order valence-corrected chi connectivity index (χ1v) is 3.41. The van der Waals surface area contributed by atoms with Gasteiger partial charge in [-0.1, -0.05) is 6.92 Å². The van der Waals surface area contributed by atoms with Gasteiger partial charge in [-0.2, -0.15) is 0 Å². The molecule has 0 aromatic carbocycles. The summed E-state index contributed by atoms with van der Waals surface area (Å²) in [6, 6.07) is 0. The Morgan fingerprint density at radius 2 is 2.33 bits per heavy atom. The van der Waals surface area contributed by atoms with Crippen LogP contribution in [0.2, 0.25) is 0 Å². The van der Waals surface area contributed by atoms with Crippen LogP contribution in [0.25, 0.3) is 0 Å². The molecule has 0 unspecified atom stereocenters. The lowest BCUT2D eigenvalue weighted by Crippen LogP contribution is -2.37. The van der Waals surface area contributed by atoms with Crippen LogP contribution in [0.5, 0.6) is 0 Å². The van der Waals surface area contributed by atoms with E-state index >= 15 is 0 Å². The van der Waals surface area contributed by atoms with Crippen LogP contribution in [-0.2, 0) is 4.79 Å². The van der Waals surface area contributed by atoms with E-state index < -0.39 is 0 Å². The number of ketones is 1. The van der Waals surface area contributed by atoms with Gasteiger partial charge in [-0.25, -0.2) is 0 Å². The van der Waals surface area contributed by atoms with Crippen LogP contribution >= 0.6 is 0 Å². The van der Waals surface area contributed by atoms with Crippen molar-refractivity contribution in [2.24, 2.45) is 5.92 Å². The summed E-state index contributed by atoms with van der Waals surface area (Å²) in [4.78, 5) is 13.0. The van der Waals surface area contributed by atoms with Gasteiger partial charge in [0.15, 0.2) is 0 Å². The quantitative estimate of drug-likeness (QED) is 0.473. The zero-order valence-electron chi connectivity index (χ0n) is 6.05. The number of piperidine rings is 1. The minimum Gasteiger partial charge on any atom is -0.299 e. The van der Waals surface area contributed by atoms with Crippen molar-refractivity contribution >= 4 is 5.78 Å². The Bertz CT molecular complexity index is 122. The van der Waals surface area contributed by atoms with Crippen molar-refractivity contribution in [1.82, 2.24) is 4.90 Å². The highest BCUT2D eigenvalue weighted by Gasteiger charge is 2.20. The predicted molar refractivity (Wildman–Crippen MR) is 36.3 cm³/mol. The summed E-state index contributed by atoms with van der Waals surface area (Å²) in [6.45, 7) is 3.74. The molecule has 2 nitrogen and oxygen atoms in total. The molecule has 52 valence electrons. The third-order valence-corrected chi connectivity index (χ3v) is 1.92. The van der Waals surface area contributed by atoms with Gasteiger partial charge in [-0.05, 0) is 20.0 Å².